The molecular weight excluding hydrogens is 494 g/mol. The first-order valence-electron chi connectivity index (χ1n) is 15.7. The van der Waals surface area contributed by atoms with Gasteiger partial charge in [-0.15, -0.1) is 12.3 Å². The quantitative estimate of drug-likeness (QED) is 0.0854. The second-order valence-electron chi connectivity index (χ2n) is 11.5. The molecule has 0 radical (unpaired) electrons. The van der Waals surface area contributed by atoms with Crippen molar-refractivity contribution >= 4 is 11.8 Å². The molecule has 0 saturated heterocycles. The third-order valence-corrected chi connectivity index (χ3v) is 9.24. The van der Waals surface area contributed by atoms with Crippen molar-refractivity contribution in [2.45, 2.75) is 110 Å². The lowest BCUT2D eigenvalue weighted by molar-refractivity contribution is 0.139. The molecule has 0 aromatic carbocycles. The predicted octanol–water partition coefficient (Wildman–Crippen LogP) is 8.38. The molecule has 218 valence electrons. The third kappa shape index (κ3) is 14.6. The number of terminal acetylenes is 1. The Hall–Kier alpha value is -1.51. The molecule has 0 spiro atoms. The van der Waals surface area contributed by atoms with Crippen LogP contribution in [0.4, 0.5) is 0 Å². The van der Waals surface area contributed by atoms with Gasteiger partial charge in [-0.25, -0.2) is 5.01 Å². The summed E-state index contributed by atoms with van der Waals surface area (Å²) >= 11 is 2.05. The molecule has 39 heavy (non-hydrogen) atoms. The Bertz CT molecular complexity index is 846. The van der Waals surface area contributed by atoms with Crippen molar-refractivity contribution in [3.05, 3.63) is 59.8 Å². The van der Waals surface area contributed by atoms with Crippen molar-refractivity contribution in [2.24, 2.45) is 17.7 Å². The van der Waals surface area contributed by atoms with Crippen LogP contribution < -0.4 is 11.2 Å². The van der Waals surface area contributed by atoms with Crippen molar-refractivity contribution in [2.75, 3.05) is 24.6 Å². The van der Waals surface area contributed by atoms with E-state index in [0.29, 0.717) is 18.4 Å². The zero-order valence-electron chi connectivity index (χ0n) is 25.3. The minimum atomic E-state index is 0.219. The molecule has 4 heteroatoms. The Morgan fingerprint density at radius 1 is 1.05 bits per heavy atom. The van der Waals surface area contributed by atoms with E-state index in [1.807, 2.05) is 0 Å². The average molecular weight is 552 g/mol. The van der Waals surface area contributed by atoms with E-state index in [2.05, 4.69) is 97.4 Å². The third-order valence-electron chi connectivity index (χ3n) is 8.00. The van der Waals surface area contributed by atoms with Crippen LogP contribution in [0.2, 0.25) is 0 Å². The molecule has 0 saturated carbocycles. The highest BCUT2D eigenvalue weighted by Gasteiger charge is 2.23. The van der Waals surface area contributed by atoms with Crippen LogP contribution in [0.1, 0.15) is 97.8 Å². The number of nitrogens with zero attached hydrogens (tertiary/aromatic N) is 1. The smallest absolute Gasteiger partial charge is 0.0318 e. The van der Waals surface area contributed by atoms with Gasteiger partial charge < -0.3 is 5.32 Å². The first kappa shape index (κ1) is 33.7. The molecule has 0 aromatic rings. The zero-order valence-corrected chi connectivity index (χ0v) is 26.1. The lowest BCUT2D eigenvalue weighted by Crippen LogP contribution is -2.50. The van der Waals surface area contributed by atoms with Gasteiger partial charge in [-0.05, 0) is 68.2 Å². The van der Waals surface area contributed by atoms with E-state index >= 15 is 0 Å². The van der Waals surface area contributed by atoms with Crippen LogP contribution in [0.5, 0.6) is 0 Å². The van der Waals surface area contributed by atoms with E-state index in [1.54, 1.807) is 0 Å². The summed E-state index contributed by atoms with van der Waals surface area (Å²) in [6.45, 7) is 8.69. The number of thioether (sulfide) groups is 1. The van der Waals surface area contributed by atoms with Crippen LogP contribution in [-0.2, 0) is 0 Å². The highest BCUT2D eigenvalue weighted by molar-refractivity contribution is 7.99. The second-order valence-corrected chi connectivity index (χ2v) is 12.5. The molecule has 2 unspecified atom stereocenters. The number of nitrogens with one attached hydrogen (secondary N) is 1. The fraction of sp³-hybridized carbons (Fsp3) is 0.657. The highest BCUT2D eigenvalue weighted by atomic mass is 32.2. The summed E-state index contributed by atoms with van der Waals surface area (Å²) in [4.78, 5) is 0. The SMILES string of the molecule is C#CCC(CN(N)[C@H](CCCC)CC(CC)CCC)NC[C@@H](CSCC1=CC=CCC=C1)CC1=CCCC=C1. The lowest BCUT2D eigenvalue weighted by Gasteiger charge is -2.33. The minimum Gasteiger partial charge on any atom is -0.311 e. The first-order valence-corrected chi connectivity index (χ1v) is 16.9. The standard InChI is InChI=1S/C35H57N3S/c1-5-9-23-35(25-30(8-4)17-6-2)38(36)27-34(18-7-3)37-26-33(24-31-19-15-12-16-20-31)29-39-28-32-21-13-10-11-14-22-32/h3,10,13-15,19-22,30,33-35,37H,5-6,8-9,11-12,16-18,23-29,36H2,1-2,4H3/t30?,33-,34?,35+/m0/s1. The Balaban J connectivity index is 1.99. The molecule has 0 amide bonds. The van der Waals surface area contributed by atoms with Gasteiger partial charge in [0.25, 0.3) is 0 Å². The molecule has 2 aliphatic carbocycles. The topological polar surface area (TPSA) is 41.3 Å². The molecule has 2 aliphatic rings. The van der Waals surface area contributed by atoms with Crippen LogP contribution in [0.3, 0.4) is 0 Å². The van der Waals surface area contributed by atoms with Crippen molar-refractivity contribution < 1.29 is 0 Å². The Kier molecular flexibility index (Phi) is 18.4. The maximum absolute atomic E-state index is 6.80. The predicted molar refractivity (Wildman–Crippen MR) is 176 cm³/mol. The van der Waals surface area contributed by atoms with Crippen molar-refractivity contribution in [3.63, 3.8) is 0 Å². The van der Waals surface area contributed by atoms with Crippen LogP contribution in [0.25, 0.3) is 0 Å². The lowest BCUT2D eigenvalue weighted by atomic mass is 9.90. The molecule has 0 bridgehead atoms. The van der Waals surface area contributed by atoms with Gasteiger partial charge in [0.1, 0.15) is 0 Å². The van der Waals surface area contributed by atoms with Gasteiger partial charge in [0.15, 0.2) is 0 Å². The van der Waals surface area contributed by atoms with E-state index in [0.717, 1.165) is 43.4 Å². The molecule has 0 heterocycles. The molecule has 4 atom stereocenters. The van der Waals surface area contributed by atoms with Crippen LogP contribution in [0.15, 0.2) is 59.8 Å². The van der Waals surface area contributed by atoms with Crippen LogP contribution >= 0.6 is 11.8 Å². The van der Waals surface area contributed by atoms with Crippen LogP contribution in [0, 0.1) is 24.2 Å². The number of hydrazine groups is 1. The van der Waals surface area contributed by atoms with Gasteiger partial charge in [-0.1, -0.05) is 107 Å². The Labute approximate surface area is 245 Å². The van der Waals surface area contributed by atoms with Gasteiger partial charge in [0.05, 0.1) is 0 Å². The fourth-order valence-corrected chi connectivity index (χ4v) is 6.74. The first-order chi connectivity index (χ1) is 19.1. The fourth-order valence-electron chi connectivity index (χ4n) is 5.63. The number of hydrogen-bond acceptors (Lipinski definition) is 4. The van der Waals surface area contributed by atoms with Crippen LogP contribution in [-0.4, -0.2) is 41.7 Å². The minimum absolute atomic E-state index is 0.219. The largest absolute Gasteiger partial charge is 0.311 e. The summed E-state index contributed by atoms with van der Waals surface area (Å²) in [7, 11) is 0. The normalized spacial score (nSPS) is 18.3. The monoisotopic (exact) mass is 551 g/mol. The number of unbranched alkanes of at least 4 members (excludes halogenated alkanes) is 1. The van der Waals surface area contributed by atoms with E-state index in [4.69, 9.17) is 12.3 Å². The van der Waals surface area contributed by atoms with Gasteiger partial charge in [-0.2, -0.15) is 11.8 Å². The average Bonchev–Trinajstić information content (AvgIpc) is 3.22. The van der Waals surface area contributed by atoms with Gasteiger partial charge in [-0.3, -0.25) is 5.84 Å². The summed E-state index contributed by atoms with van der Waals surface area (Å²) < 4.78 is 0. The number of hydrogen-bond donors (Lipinski definition) is 2. The number of rotatable bonds is 21. The Morgan fingerprint density at radius 2 is 1.90 bits per heavy atom. The van der Waals surface area contributed by atoms with Gasteiger partial charge >= 0.3 is 0 Å². The summed E-state index contributed by atoms with van der Waals surface area (Å²) in [5, 5.41) is 6.01. The van der Waals surface area contributed by atoms with E-state index in [-0.39, 0.29) is 6.04 Å². The Morgan fingerprint density at radius 3 is 2.62 bits per heavy atom. The van der Waals surface area contributed by atoms with Crippen molar-refractivity contribution in [1.29, 1.82) is 0 Å². The van der Waals surface area contributed by atoms with Crippen molar-refractivity contribution in [1.82, 2.24) is 10.3 Å². The summed E-state index contributed by atoms with van der Waals surface area (Å²) in [5.41, 5.74) is 2.90. The molecule has 0 aromatic heterocycles. The zero-order chi connectivity index (χ0) is 28.1. The van der Waals surface area contributed by atoms with E-state index in [1.165, 1.54) is 68.9 Å². The number of allylic oxidation sites excluding steroid dienone is 9. The second kappa shape index (κ2) is 21.3. The summed E-state index contributed by atoms with van der Waals surface area (Å²) in [6, 6.07) is 0.652. The molecule has 0 aliphatic heterocycles. The highest BCUT2D eigenvalue weighted by Crippen LogP contribution is 2.24. The molecule has 3 N–H and O–H groups in total. The molecule has 3 nitrogen and oxygen atoms in total. The molecular formula is C35H57N3S. The summed E-state index contributed by atoms with van der Waals surface area (Å²) in [5.74, 6) is 13.3. The molecule has 2 rings (SSSR count). The summed E-state index contributed by atoms with van der Waals surface area (Å²) in [6.07, 6.45) is 37.9. The van der Waals surface area contributed by atoms with Crippen molar-refractivity contribution in [3.8, 4) is 12.3 Å². The van der Waals surface area contributed by atoms with Gasteiger partial charge in [0.2, 0.25) is 0 Å². The van der Waals surface area contributed by atoms with E-state index < -0.39 is 0 Å². The maximum Gasteiger partial charge on any atom is 0.0318 e. The maximum atomic E-state index is 6.80. The number of nitrogens with two attached hydrogens (primary N) is 1. The van der Waals surface area contributed by atoms with E-state index in [9.17, 15) is 0 Å². The molecule has 0 fully saturated rings. The van der Waals surface area contributed by atoms with Gasteiger partial charge in [0, 0.05) is 30.8 Å².